The summed E-state index contributed by atoms with van der Waals surface area (Å²) in [4.78, 5) is 25.8. The number of aryl methyl sites for hydroxylation is 1. The van der Waals surface area contributed by atoms with Crippen LogP contribution in [0.5, 0.6) is 0 Å². The van der Waals surface area contributed by atoms with Crippen LogP contribution >= 0.6 is 11.8 Å². The van der Waals surface area contributed by atoms with E-state index < -0.39 is 10.8 Å². The Morgan fingerprint density at radius 2 is 1.91 bits per heavy atom. The number of aromatic nitrogens is 3. The smallest absolute Gasteiger partial charge is 0.294 e. The third kappa shape index (κ3) is 3.28. The van der Waals surface area contributed by atoms with Crippen molar-refractivity contribution in [1.82, 2.24) is 19.8 Å². The summed E-state index contributed by atoms with van der Waals surface area (Å²) < 4.78 is 0.922. The molecular weight excluding hydrogens is 302 g/mol. The molecule has 7 nitrogen and oxygen atoms in total. The maximum Gasteiger partial charge on any atom is 0.294 e. The van der Waals surface area contributed by atoms with E-state index in [1.54, 1.807) is 14.1 Å². The number of likely N-dealkylation sites (N-methyl/N-ethyl adjacent to an activating group) is 1. The van der Waals surface area contributed by atoms with Gasteiger partial charge in [0.25, 0.3) is 5.56 Å². The van der Waals surface area contributed by atoms with Crippen LogP contribution in [0.25, 0.3) is 0 Å². The Kier molecular flexibility index (Phi) is 4.81. The summed E-state index contributed by atoms with van der Waals surface area (Å²) in [6.45, 7) is 1.53. The van der Waals surface area contributed by atoms with Crippen LogP contribution in [0.4, 0.5) is 0 Å². The average molecular weight is 319 g/mol. The molecule has 1 amide bonds. The Morgan fingerprint density at radius 3 is 2.50 bits per heavy atom. The molecule has 0 spiro atoms. The van der Waals surface area contributed by atoms with E-state index >= 15 is 0 Å². The van der Waals surface area contributed by atoms with Crippen LogP contribution in [-0.4, -0.2) is 39.8 Å². The number of hydrogen-bond donors (Lipinski definition) is 1. The van der Waals surface area contributed by atoms with Gasteiger partial charge in [-0.1, -0.05) is 42.1 Å². The van der Waals surface area contributed by atoms with Gasteiger partial charge in [0.1, 0.15) is 10.9 Å². The van der Waals surface area contributed by atoms with Gasteiger partial charge < -0.3 is 10.7 Å². The molecule has 2 rings (SSSR count). The van der Waals surface area contributed by atoms with Gasteiger partial charge in [-0.05, 0) is 12.5 Å². The molecule has 1 heterocycles. The lowest BCUT2D eigenvalue weighted by Gasteiger charge is -2.20. The molecule has 2 aromatic rings. The van der Waals surface area contributed by atoms with Crippen LogP contribution in [-0.2, 0) is 4.79 Å². The van der Waals surface area contributed by atoms with E-state index in [4.69, 9.17) is 5.84 Å². The number of thioether (sulfide) groups is 1. The van der Waals surface area contributed by atoms with Gasteiger partial charge in [0.15, 0.2) is 0 Å². The Balaban J connectivity index is 2.42. The van der Waals surface area contributed by atoms with Crippen molar-refractivity contribution in [2.75, 3.05) is 19.9 Å². The maximum atomic E-state index is 12.4. The van der Waals surface area contributed by atoms with E-state index in [0.29, 0.717) is 0 Å². The zero-order chi connectivity index (χ0) is 16.3. The lowest BCUT2D eigenvalue weighted by molar-refractivity contribution is -0.128. The van der Waals surface area contributed by atoms with Crippen LogP contribution in [0.15, 0.2) is 40.3 Å². The molecule has 0 saturated carbocycles. The first-order valence-electron chi connectivity index (χ1n) is 6.56. The van der Waals surface area contributed by atoms with Crippen molar-refractivity contribution >= 4 is 17.7 Å². The van der Waals surface area contributed by atoms with Gasteiger partial charge >= 0.3 is 0 Å². The minimum Gasteiger partial charge on any atom is -0.348 e. The third-order valence-corrected chi connectivity index (χ3v) is 4.21. The number of hydrogen-bond acceptors (Lipinski definition) is 6. The minimum atomic E-state index is -0.553. The number of benzene rings is 1. The Labute approximate surface area is 132 Å². The molecule has 0 aliphatic heterocycles. The lowest BCUT2D eigenvalue weighted by Crippen LogP contribution is -2.33. The summed E-state index contributed by atoms with van der Waals surface area (Å²) in [6.07, 6.45) is 0. The molecule has 1 aromatic carbocycles. The number of nitrogens with two attached hydrogens (primary N) is 1. The summed E-state index contributed by atoms with van der Waals surface area (Å²) >= 11 is 1.10. The molecule has 8 heteroatoms. The number of nitrogens with zero attached hydrogens (tertiary/aromatic N) is 4. The van der Waals surface area contributed by atoms with Crippen LogP contribution in [0.3, 0.4) is 0 Å². The highest BCUT2D eigenvalue weighted by Crippen LogP contribution is 2.34. The van der Waals surface area contributed by atoms with E-state index in [0.717, 1.165) is 22.0 Å². The normalized spacial score (nSPS) is 12.0. The molecule has 0 unspecified atom stereocenters. The molecule has 0 radical (unpaired) electrons. The van der Waals surface area contributed by atoms with Crippen molar-refractivity contribution in [3.05, 3.63) is 51.9 Å². The van der Waals surface area contributed by atoms with Crippen molar-refractivity contribution in [3.8, 4) is 0 Å². The first-order chi connectivity index (χ1) is 10.4. The quantitative estimate of drug-likeness (QED) is 0.654. The first kappa shape index (κ1) is 16.0. The average Bonchev–Trinajstić information content (AvgIpc) is 2.52. The molecule has 0 bridgehead atoms. The summed E-state index contributed by atoms with van der Waals surface area (Å²) in [5.41, 5.74) is 0.588. The molecule has 0 fully saturated rings. The number of rotatable bonds is 4. The summed E-state index contributed by atoms with van der Waals surface area (Å²) in [6, 6.07) is 9.26. The lowest BCUT2D eigenvalue weighted by atomic mass is 10.1. The zero-order valence-corrected chi connectivity index (χ0v) is 13.4. The zero-order valence-electron chi connectivity index (χ0n) is 12.6. The molecule has 0 aliphatic rings. The van der Waals surface area contributed by atoms with E-state index in [-0.39, 0.29) is 16.8 Å². The van der Waals surface area contributed by atoms with E-state index in [2.05, 4.69) is 10.2 Å². The number of carbonyl (C=O) groups is 1. The summed E-state index contributed by atoms with van der Waals surface area (Å²) in [5, 5.41) is 7.35. The van der Waals surface area contributed by atoms with Crippen molar-refractivity contribution in [3.63, 3.8) is 0 Å². The largest absolute Gasteiger partial charge is 0.348 e. The van der Waals surface area contributed by atoms with Crippen LogP contribution in [0.1, 0.15) is 16.5 Å². The van der Waals surface area contributed by atoms with Crippen LogP contribution < -0.4 is 11.4 Å². The minimum absolute atomic E-state index is 0.119. The molecule has 1 atom stereocenters. The van der Waals surface area contributed by atoms with E-state index in [1.165, 1.54) is 11.8 Å². The molecule has 116 valence electrons. The number of carbonyl (C=O) groups excluding carboxylic acids is 1. The van der Waals surface area contributed by atoms with Crippen molar-refractivity contribution in [2.24, 2.45) is 0 Å². The van der Waals surface area contributed by atoms with Crippen LogP contribution in [0.2, 0.25) is 0 Å². The predicted molar refractivity (Wildman–Crippen MR) is 84.9 cm³/mol. The van der Waals surface area contributed by atoms with Crippen molar-refractivity contribution in [1.29, 1.82) is 0 Å². The van der Waals surface area contributed by atoms with Crippen LogP contribution in [0, 0.1) is 6.92 Å². The second kappa shape index (κ2) is 6.61. The fourth-order valence-corrected chi connectivity index (χ4v) is 2.88. The van der Waals surface area contributed by atoms with E-state index in [1.807, 2.05) is 30.3 Å². The SMILES string of the molecule is Cc1nnc(S[C@@H](C(=O)N(C)C)c2ccccc2)n(N)c1=O. The monoisotopic (exact) mass is 319 g/mol. The second-order valence-corrected chi connectivity index (χ2v) is 5.96. The highest BCUT2D eigenvalue weighted by molar-refractivity contribution is 8.00. The predicted octanol–water partition coefficient (Wildman–Crippen LogP) is 0.582. The summed E-state index contributed by atoms with van der Waals surface area (Å²) in [7, 11) is 3.35. The molecular formula is C14H17N5O2S. The molecule has 0 saturated heterocycles. The van der Waals surface area contributed by atoms with Gasteiger partial charge in [-0.3, -0.25) is 9.59 Å². The van der Waals surface area contributed by atoms with Crippen molar-refractivity contribution in [2.45, 2.75) is 17.3 Å². The number of nitrogen functional groups attached to an aromatic ring is 1. The summed E-state index contributed by atoms with van der Waals surface area (Å²) in [5.74, 6) is 5.62. The van der Waals surface area contributed by atoms with Gasteiger partial charge in [0.2, 0.25) is 11.1 Å². The Hall–Kier alpha value is -2.35. The molecule has 0 aliphatic carbocycles. The fourth-order valence-electron chi connectivity index (χ4n) is 1.78. The third-order valence-electron chi connectivity index (χ3n) is 3.01. The van der Waals surface area contributed by atoms with E-state index in [9.17, 15) is 9.59 Å². The van der Waals surface area contributed by atoms with Crippen molar-refractivity contribution < 1.29 is 4.79 Å². The fraction of sp³-hybridized carbons (Fsp3) is 0.286. The second-order valence-electron chi connectivity index (χ2n) is 4.88. The standard InChI is InChI=1S/C14H17N5O2S/c1-9-12(20)19(15)14(17-16-9)22-11(13(21)18(2)3)10-7-5-4-6-8-10/h4-8,11H,15H2,1-3H3/t11-/m1/s1. The molecule has 1 aromatic heterocycles. The van der Waals surface area contributed by atoms with Gasteiger partial charge in [-0.2, -0.15) is 4.68 Å². The first-order valence-corrected chi connectivity index (χ1v) is 7.44. The van der Waals surface area contributed by atoms with Gasteiger partial charge in [0.05, 0.1) is 0 Å². The Morgan fingerprint density at radius 1 is 1.27 bits per heavy atom. The van der Waals surface area contributed by atoms with Gasteiger partial charge in [-0.25, -0.2) is 0 Å². The Bertz CT molecular complexity index is 730. The van der Waals surface area contributed by atoms with Gasteiger partial charge in [-0.15, -0.1) is 10.2 Å². The highest BCUT2D eigenvalue weighted by atomic mass is 32.2. The topological polar surface area (TPSA) is 94.1 Å². The molecule has 22 heavy (non-hydrogen) atoms. The number of amides is 1. The molecule has 2 N–H and O–H groups in total. The maximum absolute atomic E-state index is 12.4. The highest BCUT2D eigenvalue weighted by Gasteiger charge is 2.26. The van der Waals surface area contributed by atoms with Gasteiger partial charge in [0, 0.05) is 14.1 Å².